The Morgan fingerprint density at radius 1 is 0.833 bits per heavy atom. The minimum absolute atomic E-state index is 0.0457. The van der Waals surface area contributed by atoms with Crippen LogP contribution in [0.25, 0.3) is 22.5 Å². The van der Waals surface area contributed by atoms with Crippen LogP contribution in [-0.4, -0.2) is 54.1 Å². The zero-order chi connectivity index (χ0) is 33.6. The summed E-state index contributed by atoms with van der Waals surface area (Å²) in [6.07, 6.45) is 4.25. The van der Waals surface area contributed by atoms with Gasteiger partial charge in [-0.2, -0.15) is 0 Å². The normalized spacial score (nSPS) is 17.3. The largest absolute Gasteiger partial charge is 0.481 e. The van der Waals surface area contributed by atoms with Gasteiger partial charge in [-0.25, -0.2) is 9.37 Å². The van der Waals surface area contributed by atoms with E-state index in [0.717, 1.165) is 18.4 Å². The van der Waals surface area contributed by atoms with E-state index in [9.17, 15) is 9.59 Å². The predicted octanol–water partition coefficient (Wildman–Crippen LogP) is 5.75. The molecule has 10 nitrogen and oxygen atoms in total. The molecule has 2 amide bonds. The fourth-order valence-electron chi connectivity index (χ4n) is 5.95. The molecule has 0 radical (unpaired) electrons. The number of carbonyl (C=O) groups excluding carboxylic acids is 2. The maximum Gasteiger partial charge on any atom is 0.220 e. The van der Waals surface area contributed by atoms with E-state index in [4.69, 9.17) is 32.9 Å². The van der Waals surface area contributed by atoms with Gasteiger partial charge in [0.15, 0.2) is 5.82 Å². The van der Waals surface area contributed by atoms with Gasteiger partial charge in [-0.05, 0) is 31.0 Å². The van der Waals surface area contributed by atoms with Crippen LogP contribution >= 0.6 is 23.2 Å². The van der Waals surface area contributed by atoms with Crippen LogP contribution in [0, 0.1) is 5.82 Å². The summed E-state index contributed by atoms with van der Waals surface area (Å²) in [7, 11) is 1.57. The number of anilines is 2. The van der Waals surface area contributed by atoms with Crippen LogP contribution in [0.4, 0.5) is 15.8 Å². The Morgan fingerprint density at radius 2 is 1.50 bits per heavy atom. The highest BCUT2D eigenvalue weighted by Gasteiger charge is 2.22. The lowest BCUT2D eigenvalue weighted by atomic mass is 10.0. The van der Waals surface area contributed by atoms with Gasteiger partial charge < -0.3 is 31.3 Å². The van der Waals surface area contributed by atoms with E-state index in [1.807, 2.05) is 30.3 Å². The number of benzene rings is 2. The minimum Gasteiger partial charge on any atom is -0.481 e. The van der Waals surface area contributed by atoms with Crippen molar-refractivity contribution in [2.45, 2.75) is 50.9 Å². The maximum absolute atomic E-state index is 15.5. The molecule has 2 aliphatic heterocycles. The molecule has 0 spiro atoms. The first kappa shape index (κ1) is 33.6. The molecule has 2 aromatic carbocycles. The molecule has 13 heteroatoms. The number of pyridine rings is 2. The molecule has 0 bridgehead atoms. The molecule has 6 rings (SSSR count). The standard InChI is InChI=1S/C35H36Cl2FN7O3/c1-48-35-21(17-40-19-23-10-13-30(47)43-23)8-11-26(45-35)24-5-3-6-25(31(24)36)34-32(37)27(14-15-41-34)44-28-7-2-4-20(33(28)38)16-39-18-22-9-12-29(46)42-22/h2-8,11,14-15,22-23,39-40H,9-10,12-13,16-19H2,1H3,(H,41,44)(H,42,46)(H,43,47)/t22-,23+/m0/s1. The molecular formula is C35H36Cl2FN7O3. The summed E-state index contributed by atoms with van der Waals surface area (Å²) in [5, 5.41) is 16.3. The Hall–Kier alpha value is -4.29. The summed E-state index contributed by atoms with van der Waals surface area (Å²) < 4.78 is 21.1. The smallest absolute Gasteiger partial charge is 0.220 e. The van der Waals surface area contributed by atoms with Gasteiger partial charge in [-0.15, -0.1) is 0 Å². The van der Waals surface area contributed by atoms with Crippen molar-refractivity contribution in [3.8, 4) is 28.4 Å². The minimum atomic E-state index is -0.404. The van der Waals surface area contributed by atoms with Crippen LogP contribution in [0.2, 0.25) is 10.0 Å². The monoisotopic (exact) mass is 691 g/mol. The SMILES string of the molecule is COc1nc(-c2cccc(-c3nccc(Nc4cccc(CNC[C@@H]5CCC(=O)N5)c4F)c3Cl)c2Cl)ccc1CNC[C@H]1CCC(=O)N1. The maximum atomic E-state index is 15.5. The molecule has 0 unspecified atom stereocenters. The molecule has 5 N–H and O–H groups in total. The Bertz CT molecular complexity index is 1830. The number of nitrogens with zero attached hydrogens (tertiary/aromatic N) is 2. The Kier molecular flexibility index (Phi) is 10.7. The highest BCUT2D eigenvalue weighted by molar-refractivity contribution is 6.39. The van der Waals surface area contributed by atoms with Crippen molar-refractivity contribution in [1.29, 1.82) is 0 Å². The molecule has 2 fully saturated rings. The van der Waals surface area contributed by atoms with E-state index in [-0.39, 0.29) is 34.6 Å². The van der Waals surface area contributed by atoms with Crippen molar-refractivity contribution in [3.05, 3.63) is 87.8 Å². The number of methoxy groups -OCH3 is 1. The number of aromatic nitrogens is 2. The zero-order valence-electron chi connectivity index (χ0n) is 26.3. The van der Waals surface area contributed by atoms with Crippen LogP contribution in [-0.2, 0) is 22.7 Å². The molecule has 4 heterocycles. The van der Waals surface area contributed by atoms with E-state index in [1.165, 1.54) is 0 Å². The van der Waals surface area contributed by atoms with E-state index < -0.39 is 5.82 Å². The summed E-state index contributed by atoms with van der Waals surface area (Å²) in [6, 6.07) is 16.3. The third-order valence-electron chi connectivity index (χ3n) is 8.48. The second kappa shape index (κ2) is 15.3. The summed E-state index contributed by atoms with van der Waals surface area (Å²) in [5.74, 6) is 0.188. The highest BCUT2D eigenvalue weighted by atomic mass is 35.5. The molecule has 0 saturated carbocycles. The first-order chi connectivity index (χ1) is 23.3. The van der Waals surface area contributed by atoms with Crippen molar-refractivity contribution in [2.75, 3.05) is 25.5 Å². The second-order valence-corrected chi connectivity index (χ2v) is 12.6. The van der Waals surface area contributed by atoms with Gasteiger partial charge in [-0.3, -0.25) is 14.6 Å². The number of amides is 2. The first-order valence-corrected chi connectivity index (χ1v) is 16.6. The molecule has 48 heavy (non-hydrogen) atoms. The number of hydrogen-bond donors (Lipinski definition) is 5. The van der Waals surface area contributed by atoms with Gasteiger partial charge in [0.25, 0.3) is 0 Å². The topological polar surface area (TPSA) is 129 Å². The van der Waals surface area contributed by atoms with E-state index in [0.29, 0.717) is 83.7 Å². The molecule has 250 valence electrons. The highest BCUT2D eigenvalue weighted by Crippen LogP contribution is 2.41. The average molecular weight is 693 g/mol. The van der Waals surface area contributed by atoms with Crippen molar-refractivity contribution in [2.24, 2.45) is 0 Å². The van der Waals surface area contributed by atoms with Crippen molar-refractivity contribution in [1.82, 2.24) is 31.2 Å². The zero-order valence-corrected chi connectivity index (χ0v) is 27.8. The Labute approximate surface area is 288 Å². The fourth-order valence-corrected chi connectivity index (χ4v) is 6.53. The molecule has 0 aliphatic carbocycles. The third-order valence-corrected chi connectivity index (χ3v) is 9.27. The summed E-state index contributed by atoms with van der Waals surface area (Å²) >= 11 is 13.9. The number of nitrogens with one attached hydrogen (secondary N) is 5. The van der Waals surface area contributed by atoms with Gasteiger partial charge in [-0.1, -0.05) is 59.6 Å². The van der Waals surface area contributed by atoms with E-state index in [2.05, 4.69) is 31.6 Å². The van der Waals surface area contributed by atoms with Crippen LogP contribution in [0.1, 0.15) is 36.8 Å². The Morgan fingerprint density at radius 3 is 2.17 bits per heavy atom. The molecular weight excluding hydrogens is 656 g/mol. The lowest BCUT2D eigenvalue weighted by Gasteiger charge is -2.16. The van der Waals surface area contributed by atoms with Crippen molar-refractivity contribution in [3.63, 3.8) is 0 Å². The third kappa shape index (κ3) is 7.71. The number of carbonyl (C=O) groups is 2. The van der Waals surface area contributed by atoms with Gasteiger partial charge in [0, 0.05) is 79.6 Å². The number of rotatable bonds is 13. The molecule has 2 atom stereocenters. The van der Waals surface area contributed by atoms with Crippen LogP contribution in [0.3, 0.4) is 0 Å². The number of hydrogen-bond acceptors (Lipinski definition) is 8. The molecule has 2 aromatic heterocycles. The van der Waals surface area contributed by atoms with Gasteiger partial charge in [0.1, 0.15) is 0 Å². The van der Waals surface area contributed by atoms with E-state index in [1.54, 1.807) is 37.6 Å². The summed E-state index contributed by atoms with van der Waals surface area (Å²) in [5.41, 5.74) is 4.38. The van der Waals surface area contributed by atoms with E-state index >= 15 is 4.39 Å². The summed E-state index contributed by atoms with van der Waals surface area (Å²) in [6.45, 7) is 2.05. The lowest BCUT2D eigenvalue weighted by Crippen LogP contribution is -2.35. The molecule has 2 aliphatic rings. The quantitative estimate of drug-likeness (QED) is 0.120. The summed E-state index contributed by atoms with van der Waals surface area (Å²) in [4.78, 5) is 32.2. The molecule has 4 aromatic rings. The molecule has 2 saturated heterocycles. The van der Waals surface area contributed by atoms with Crippen molar-refractivity contribution < 1.29 is 18.7 Å². The first-order valence-electron chi connectivity index (χ1n) is 15.8. The second-order valence-electron chi connectivity index (χ2n) is 11.8. The average Bonchev–Trinajstić information content (AvgIpc) is 3.70. The van der Waals surface area contributed by atoms with Gasteiger partial charge in [0.05, 0.1) is 39.9 Å². The van der Waals surface area contributed by atoms with Gasteiger partial charge in [0.2, 0.25) is 17.7 Å². The van der Waals surface area contributed by atoms with Crippen LogP contribution in [0.15, 0.2) is 60.8 Å². The number of halogens is 3. The van der Waals surface area contributed by atoms with Crippen LogP contribution in [0.5, 0.6) is 5.88 Å². The fraction of sp³-hybridized carbons (Fsp3) is 0.314. The predicted molar refractivity (Wildman–Crippen MR) is 185 cm³/mol. The van der Waals surface area contributed by atoms with Crippen molar-refractivity contribution >= 4 is 46.4 Å². The number of ether oxygens (including phenoxy) is 1. The lowest BCUT2D eigenvalue weighted by molar-refractivity contribution is -0.120. The van der Waals surface area contributed by atoms with Crippen LogP contribution < -0.4 is 31.3 Å². The van der Waals surface area contributed by atoms with Gasteiger partial charge >= 0.3 is 0 Å². The Balaban J connectivity index is 1.17.